The van der Waals surface area contributed by atoms with E-state index in [1.54, 1.807) is 24.4 Å². The number of thiazole rings is 1. The highest BCUT2D eigenvalue weighted by Gasteiger charge is 2.14. The van der Waals surface area contributed by atoms with Gasteiger partial charge in [0, 0.05) is 17.5 Å². The second kappa shape index (κ2) is 8.46. The van der Waals surface area contributed by atoms with Crippen molar-refractivity contribution in [2.45, 2.75) is 19.8 Å². The predicted octanol–water partition coefficient (Wildman–Crippen LogP) is 3.98. The number of nitrogens with one attached hydrogen (secondary N) is 2. The van der Waals surface area contributed by atoms with Crippen LogP contribution in [0.4, 0.5) is 10.8 Å². The minimum Gasteiger partial charge on any atom is -0.508 e. The fraction of sp³-hybridized carbons (Fsp3) is 0.150. The zero-order valence-corrected chi connectivity index (χ0v) is 15.5. The number of benzene rings is 2. The van der Waals surface area contributed by atoms with Gasteiger partial charge in [-0.2, -0.15) is 0 Å². The maximum Gasteiger partial charge on any atom is 0.275 e. The van der Waals surface area contributed by atoms with E-state index < -0.39 is 0 Å². The molecule has 0 spiro atoms. The molecule has 0 aliphatic heterocycles. The van der Waals surface area contributed by atoms with Gasteiger partial charge in [0.2, 0.25) is 5.91 Å². The zero-order chi connectivity index (χ0) is 19.2. The molecule has 0 bridgehead atoms. The Morgan fingerprint density at radius 2 is 1.89 bits per heavy atom. The van der Waals surface area contributed by atoms with E-state index in [2.05, 4.69) is 15.6 Å². The molecule has 3 rings (SSSR count). The number of amides is 2. The molecule has 0 saturated carbocycles. The molecular formula is C20H19N3O3S. The third-order valence-electron chi connectivity index (χ3n) is 3.92. The molecule has 0 fully saturated rings. The van der Waals surface area contributed by atoms with Gasteiger partial charge in [0.25, 0.3) is 5.91 Å². The summed E-state index contributed by atoms with van der Waals surface area (Å²) < 4.78 is 0. The van der Waals surface area contributed by atoms with Crippen molar-refractivity contribution in [3.8, 4) is 5.75 Å². The number of carbonyl (C=O) groups is 2. The summed E-state index contributed by atoms with van der Waals surface area (Å²) in [5.74, 6) is -0.376. The van der Waals surface area contributed by atoms with Crippen molar-refractivity contribution >= 4 is 34.0 Å². The van der Waals surface area contributed by atoms with Gasteiger partial charge < -0.3 is 15.7 Å². The summed E-state index contributed by atoms with van der Waals surface area (Å²) in [6, 6.07) is 14.5. The van der Waals surface area contributed by atoms with Crippen LogP contribution in [0, 0.1) is 6.92 Å². The van der Waals surface area contributed by atoms with Crippen molar-refractivity contribution in [3.63, 3.8) is 0 Å². The summed E-state index contributed by atoms with van der Waals surface area (Å²) in [4.78, 5) is 28.6. The lowest BCUT2D eigenvalue weighted by atomic mass is 10.1. The third kappa shape index (κ3) is 5.15. The highest BCUT2D eigenvalue weighted by molar-refractivity contribution is 7.14. The van der Waals surface area contributed by atoms with E-state index in [0.717, 1.165) is 11.1 Å². The third-order valence-corrected chi connectivity index (χ3v) is 4.68. The number of rotatable bonds is 6. The second-order valence-electron chi connectivity index (χ2n) is 6.03. The van der Waals surface area contributed by atoms with Crippen LogP contribution >= 0.6 is 11.3 Å². The number of aromatic nitrogens is 1. The Balaban J connectivity index is 1.55. The van der Waals surface area contributed by atoms with Gasteiger partial charge in [-0.3, -0.25) is 9.59 Å². The van der Waals surface area contributed by atoms with Crippen LogP contribution in [0.2, 0.25) is 0 Å². The molecule has 138 valence electrons. The van der Waals surface area contributed by atoms with E-state index in [9.17, 15) is 14.7 Å². The molecule has 0 aliphatic carbocycles. The van der Waals surface area contributed by atoms with Crippen LogP contribution in [0.15, 0.2) is 53.9 Å². The Labute approximate surface area is 160 Å². The Hall–Kier alpha value is -3.19. The van der Waals surface area contributed by atoms with E-state index >= 15 is 0 Å². The number of hydrogen-bond donors (Lipinski definition) is 3. The van der Waals surface area contributed by atoms with Crippen molar-refractivity contribution in [1.82, 2.24) is 4.98 Å². The molecule has 0 saturated heterocycles. The quantitative estimate of drug-likeness (QED) is 0.563. The maximum atomic E-state index is 12.3. The van der Waals surface area contributed by atoms with E-state index in [1.807, 2.05) is 30.3 Å². The molecular weight excluding hydrogens is 362 g/mol. The average Bonchev–Trinajstić information content (AvgIpc) is 3.12. The fourth-order valence-corrected chi connectivity index (χ4v) is 3.20. The zero-order valence-electron chi connectivity index (χ0n) is 14.7. The molecule has 0 unspecified atom stereocenters. The molecule has 1 heterocycles. The number of hydrogen-bond acceptors (Lipinski definition) is 5. The number of carbonyl (C=O) groups excluding carboxylic acids is 2. The number of anilines is 2. The van der Waals surface area contributed by atoms with Crippen LogP contribution in [0.3, 0.4) is 0 Å². The first-order valence-electron chi connectivity index (χ1n) is 8.41. The van der Waals surface area contributed by atoms with Gasteiger partial charge >= 0.3 is 0 Å². The second-order valence-corrected chi connectivity index (χ2v) is 6.88. The summed E-state index contributed by atoms with van der Waals surface area (Å²) in [5.41, 5.74) is 2.66. The molecule has 6 nitrogen and oxygen atoms in total. The summed E-state index contributed by atoms with van der Waals surface area (Å²) in [6.45, 7) is 1.79. The first kappa shape index (κ1) is 18.6. The van der Waals surface area contributed by atoms with Crippen LogP contribution in [-0.4, -0.2) is 21.9 Å². The van der Waals surface area contributed by atoms with Gasteiger partial charge in [-0.15, -0.1) is 11.3 Å². The number of aromatic hydroxyl groups is 1. The molecule has 2 aromatic carbocycles. The van der Waals surface area contributed by atoms with E-state index in [4.69, 9.17) is 0 Å². The minimum atomic E-state index is -0.371. The van der Waals surface area contributed by atoms with Crippen molar-refractivity contribution < 1.29 is 14.7 Å². The maximum absolute atomic E-state index is 12.3. The van der Waals surface area contributed by atoms with Gasteiger partial charge in [0.15, 0.2) is 5.13 Å². The molecule has 1 aromatic heterocycles. The summed E-state index contributed by atoms with van der Waals surface area (Å²) >= 11 is 1.20. The molecule has 0 aliphatic rings. The summed E-state index contributed by atoms with van der Waals surface area (Å²) in [6.07, 6.45) is 0.989. The predicted molar refractivity (Wildman–Crippen MR) is 106 cm³/mol. The van der Waals surface area contributed by atoms with Crippen molar-refractivity contribution in [2.75, 3.05) is 10.6 Å². The fourth-order valence-electron chi connectivity index (χ4n) is 2.49. The number of phenols is 1. The van der Waals surface area contributed by atoms with Crippen LogP contribution in [-0.2, 0) is 11.2 Å². The van der Waals surface area contributed by atoms with Gasteiger partial charge in [0.1, 0.15) is 11.4 Å². The Bertz CT molecular complexity index is 954. The summed E-state index contributed by atoms with van der Waals surface area (Å²) in [5, 5.41) is 16.9. The smallest absolute Gasteiger partial charge is 0.275 e. The first-order chi connectivity index (χ1) is 13.0. The number of phenolic OH excluding ortho intramolecular Hbond substituents is 1. The standard InChI is InChI=1S/C20H19N3O3S/c1-13-11-15(24)8-9-16(13)21-19(26)17-12-27-20(22-17)23-18(25)10-7-14-5-3-2-4-6-14/h2-6,8-9,11-12,24H,7,10H2,1H3,(H,21,26)(H,22,23,25). The van der Waals surface area contributed by atoms with Crippen LogP contribution in [0.5, 0.6) is 5.75 Å². The monoisotopic (exact) mass is 381 g/mol. The topological polar surface area (TPSA) is 91.3 Å². The van der Waals surface area contributed by atoms with E-state index in [1.165, 1.54) is 17.4 Å². The SMILES string of the molecule is Cc1cc(O)ccc1NC(=O)c1csc(NC(=O)CCc2ccccc2)n1. The van der Waals surface area contributed by atoms with Crippen LogP contribution in [0.1, 0.15) is 28.0 Å². The highest BCUT2D eigenvalue weighted by Crippen LogP contribution is 2.22. The summed E-state index contributed by atoms with van der Waals surface area (Å²) in [7, 11) is 0. The highest BCUT2D eigenvalue weighted by atomic mass is 32.1. The Kier molecular flexibility index (Phi) is 5.83. The van der Waals surface area contributed by atoms with Crippen molar-refractivity contribution in [1.29, 1.82) is 0 Å². The van der Waals surface area contributed by atoms with Crippen LogP contribution in [0.25, 0.3) is 0 Å². The molecule has 3 aromatic rings. The van der Waals surface area contributed by atoms with E-state index in [0.29, 0.717) is 23.7 Å². The van der Waals surface area contributed by atoms with Crippen molar-refractivity contribution in [2.24, 2.45) is 0 Å². The van der Waals surface area contributed by atoms with Gasteiger partial charge in [0.05, 0.1) is 0 Å². The molecule has 0 atom stereocenters. The molecule has 2 amide bonds. The first-order valence-corrected chi connectivity index (χ1v) is 9.29. The van der Waals surface area contributed by atoms with Crippen LogP contribution < -0.4 is 10.6 Å². The van der Waals surface area contributed by atoms with E-state index in [-0.39, 0.29) is 23.3 Å². The largest absolute Gasteiger partial charge is 0.508 e. The number of nitrogens with zero attached hydrogens (tertiary/aromatic N) is 1. The molecule has 7 heteroatoms. The lowest BCUT2D eigenvalue weighted by Gasteiger charge is -2.07. The number of aryl methyl sites for hydroxylation is 2. The lowest BCUT2D eigenvalue weighted by Crippen LogP contribution is -2.15. The minimum absolute atomic E-state index is 0.139. The Morgan fingerprint density at radius 1 is 1.11 bits per heavy atom. The van der Waals surface area contributed by atoms with Gasteiger partial charge in [-0.1, -0.05) is 30.3 Å². The molecule has 3 N–H and O–H groups in total. The molecule has 27 heavy (non-hydrogen) atoms. The lowest BCUT2D eigenvalue weighted by molar-refractivity contribution is -0.116. The average molecular weight is 381 g/mol. The van der Waals surface area contributed by atoms with Crippen molar-refractivity contribution in [3.05, 3.63) is 70.7 Å². The molecule has 0 radical (unpaired) electrons. The van der Waals surface area contributed by atoms with Gasteiger partial charge in [-0.25, -0.2) is 4.98 Å². The normalized spacial score (nSPS) is 10.4. The Morgan fingerprint density at radius 3 is 2.63 bits per heavy atom. The van der Waals surface area contributed by atoms with Gasteiger partial charge in [-0.05, 0) is 42.7 Å².